The van der Waals surface area contributed by atoms with Crippen LogP contribution in [0.25, 0.3) is 0 Å². The Bertz CT molecular complexity index is 695. The number of hydrogen-bond acceptors (Lipinski definition) is 6. The van der Waals surface area contributed by atoms with Crippen LogP contribution >= 0.6 is 12.2 Å². The predicted octanol–water partition coefficient (Wildman–Crippen LogP) is 3.56. The van der Waals surface area contributed by atoms with Crippen molar-refractivity contribution in [1.82, 2.24) is 15.3 Å². The van der Waals surface area contributed by atoms with Gasteiger partial charge in [0.05, 0.1) is 6.10 Å². The first-order valence-corrected chi connectivity index (χ1v) is 12.1. The van der Waals surface area contributed by atoms with E-state index in [9.17, 15) is 0 Å². The van der Waals surface area contributed by atoms with E-state index in [1.54, 1.807) is 0 Å². The number of thiocarbonyl (C=S) groups is 1. The van der Waals surface area contributed by atoms with Gasteiger partial charge in [-0.05, 0) is 56.7 Å². The average molecular weight is 433 g/mol. The molecule has 2 N–H and O–H groups in total. The van der Waals surface area contributed by atoms with E-state index in [1.807, 2.05) is 0 Å². The van der Waals surface area contributed by atoms with E-state index in [4.69, 9.17) is 26.9 Å². The lowest BCUT2D eigenvalue weighted by Gasteiger charge is -2.32. The number of rotatable bonds is 5. The fraction of sp³-hybridized carbons (Fsp3) is 0.773. The van der Waals surface area contributed by atoms with E-state index in [0.29, 0.717) is 11.1 Å². The fourth-order valence-corrected chi connectivity index (χ4v) is 4.67. The summed E-state index contributed by atoms with van der Waals surface area (Å²) in [4.78, 5) is 14.5. The number of anilines is 3. The molecular formula is C22H36N6OS. The summed E-state index contributed by atoms with van der Waals surface area (Å²) in [6.07, 6.45) is 9.97. The number of aromatic nitrogens is 2. The lowest BCUT2D eigenvalue weighted by molar-refractivity contribution is 0.114. The highest BCUT2D eigenvalue weighted by molar-refractivity contribution is 7.80. The highest BCUT2D eigenvalue weighted by Gasteiger charge is 2.21. The van der Waals surface area contributed by atoms with Gasteiger partial charge in [0.1, 0.15) is 11.6 Å². The number of piperidine rings is 1. The summed E-state index contributed by atoms with van der Waals surface area (Å²) >= 11 is 5.52. The zero-order chi connectivity index (χ0) is 20.8. The van der Waals surface area contributed by atoms with Gasteiger partial charge in [0.2, 0.25) is 5.95 Å². The molecule has 166 valence electrons. The average Bonchev–Trinajstić information content (AvgIpc) is 3.13. The topological polar surface area (TPSA) is 65.5 Å². The molecule has 0 spiro atoms. The molecule has 3 saturated heterocycles. The van der Waals surface area contributed by atoms with Crippen LogP contribution in [-0.2, 0) is 4.74 Å². The lowest BCUT2D eigenvalue weighted by Crippen LogP contribution is -2.36. The Kier molecular flexibility index (Phi) is 7.60. The third kappa shape index (κ3) is 5.94. The molecule has 0 radical (unpaired) electrons. The van der Waals surface area contributed by atoms with Gasteiger partial charge in [-0.15, -0.1) is 0 Å². The van der Waals surface area contributed by atoms with Gasteiger partial charge >= 0.3 is 0 Å². The zero-order valence-corrected chi connectivity index (χ0v) is 19.1. The molecule has 0 aliphatic carbocycles. The van der Waals surface area contributed by atoms with Crippen LogP contribution < -0.4 is 20.4 Å². The second kappa shape index (κ2) is 10.6. The van der Waals surface area contributed by atoms with Crippen LogP contribution in [0.1, 0.15) is 58.3 Å². The van der Waals surface area contributed by atoms with Crippen LogP contribution in [0.3, 0.4) is 0 Å². The van der Waals surface area contributed by atoms with Crippen LogP contribution in [0.15, 0.2) is 6.07 Å². The van der Waals surface area contributed by atoms with Crippen molar-refractivity contribution < 1.29 is 4.74 Å². The molecule has 30 heavy (non-hydrogen) atoms. The summed E-state index contributed by atoms with van der Waals surface area (Å²) < 4.78 is 5.68. The van der Waals surface area contributed by atoms with E-state index < -0.39 is 0 Å². The van der Waals surface area contributed by atoms with Crippen LogP contribution in [0.5, 0.6) is 0 Å². The number of ether oxygens (including phenoxy) is 1. The van der Waals surface area contributed by atoms with Gasteiger partial charge in [0.15, 0.2) is 5.11 Å². The van der Waals surface area contributed by atoms with Gasteiger partial charge in [-0.3, -0.25) is 0 Å². The van der Waals surface area contributed by atoms with Crippen molar-refractivity contribution in [2.75, 3.05) is 54.4 Å². The van der Waals surface area contributed by atoms with Gasteiger partial charge in [-0.1, -0.05) is 19.8 Å². The van der Waals surface area contributed by atoms with Crippen molar-refractivity contribution in [2.24, 2.45) is 5.92 Å². The van der Waals surface area contributed by atoms with E-state index in [1.165, 1.54) is 38.5 Å². The molecule has 0 bridgehead atoms. The van der Waals surface area contributed by atoms with Gasteiger partial charge in [-0.2, -0.15) is 9.97 Å². The molecular weight excluding hydrogens is 396 g/mol. The summed E-state index contributed by atoms with van der Waals surface area (Å²) in [5, 5.41) is 7.08. The molecule has 3 fully saturated rings. The summed E-state index contributed by atoms with van der Waals surface area (Å²) in [6.45, 7) is 8.16. The SMILES string of the molecule is CC1CCN(c2cc(N3CCCCCC3)nc(NC(=S)NC[C@@H]3CCCO3)n2)CC1. The fourth-order valence-electron chi connectivity index (χ4n) is 4.50. The highest BCUT2D eigenvalue weighted by atomic mass is 32.1. The molecule has 1 aromatic rings. The van der Waals surface area contributed by atoms with E-state index in [0.717, 1.165) is 69.7 Å². The smallest absolute Gasteiger partial charge is 0.232 e. The molecule has 8 heteroatoms. The molecule has 7 nitrogen and oxygen atoms in total. The van der Waals surface area contributed by atoms with Crippen molar-refractivity contribution in [3.63, 3.8) is 0 Å². The van der Waals surface area contributed by atoms with Crippen molar-refractivity contribution in [3.8, 4) is 0 Å². The number of nitrogens with zero attached hydrogens (tertiary/aromatic N) is 4. The van der Waals surface area contributed by atoms with Crippen molar-refractivity contribution in [2.45, 2.75) is 64.4 Å². The monoisotopic (exact) mass is 432 g/mol. The Morgan fingerprint density at radius 3 is 2.30 bits per heavy atom. The normalized spacial score (nSPS) is 23.3. The van der Waals surface area contributed by atoms with Crippen LogP contribution in [0.4, 0.5) is 17.6 Å². The van der Waals surface area contributed by atoms with E-state index >= 15 is 0 Å². The standard InChI is InChI=1S/C22H36N6OS/c1-17-8-12-28(13-9-17)20-15-19(27-10-4-2-3-5-11-27)24-21(25-20)26-22(30)23-16-18-7-6-14-29-18/h15,17-18H,2-14,16H2,1H3,(H2,23,24,25,26,30)/t18-/m0/s1. The van der Waals surface area contributed by atoms with Gasteiger partial charge in [-0.25, -0.2) is 0 Å². The van der Waals surface area contributed by atoms with E-state index in [2.05, 4.69) is 33.4 Å². The maximum Gasteiger partial charge on any atom is 0.232 e. The summed E-state index contributed by atoms with van der Waals surface area (Å²) in [7, 11) is 0. The molecule has 0 aromatic carbocycles. The van der Waals surface area contributed by atoms with Gasteiger partial charge < -0.3 is 25.2 Å². The Morgan fingerprint density at radius 1 is 1.00 bits per heavy atom. The van der Waals surface area contributed by atoms with Gasteiger partial charge in [0, 0.05) is 45.4 Å². The molecule has 0 amide bonds. The zero-order valence-electron chi connectivity index (χ0n) is 18.2. The summed E-state index contributed by atoms with van der Waals surface area (Å²) in [6, 6.07) is 2.18. The molecule has 0 unspecified atom stereocenters. The minimum absolute atomic E-state index is 0.250. The minimum Gasteiger partial charge on any atom is -0.376 e. The minimum atomic E-state index is 0.250. The first-order valence-electron chi connectivity index (χ1n) is 11.7. The second-order valence-corrected chi connectivity index (χ2v) is 9.36. The second-order valence-electron chi connectivity index (χ2n) is 8.95. The van der Waals surface area contributed by atoms with Crippen LogP contribution in [0.2, 0.25) is 0 Å². The quantitative estimate of drug-likeness (QED) is 0.685. The third-order valence-corrected chi connectivity index (χ3v) is 6.72. The van der Waals surface area contributed by atoms with Gasteiger partial charge in [0.25, 0.3) is 0 Å². The van der Waals surface area contributed by atoms with Crippen LogP contribution in [0, 0.1) is 5.92 Å². The summed E-state index contributed by atoms with van der Waals surface area (Å²) in [5.74, 6) is 3.42. The number of nitrogens with one attached hydrogen (secondary N) is 2. The van der Waals surface area contributed by atoms with E-state index in [-0.39, 0.29) is 6.10 Å². The van der Waals surface area contributed by atoms with Crippen LogP contribution in [-0.4, -0.2) is 60.5 Å². The van der Waals surface area contributed by atoms with Crippen molar-refractivity contribution >= 4 is 34.9 Å². The Labute approximate surface area is 186 Å². The maximum absolute atomic E-state index is 5.68. The Hall–Kier alpha value is -1.67. The molecule has 1 atom stereocenters. The highest BCUT2D eigenvalue weighted by Crippen LogP contribution is 2.27. The molecule has 0 saturated carbocycles. The molecule has 3 aliphatic rings. The molecule has 4 rings (SSSR count). The third-order valence-electron chi connectivity index (χ3n) is 6.48. The largest absolute Gasteiger partial charge is 0.376 e. The molecule has 4 heterocycles. The van der Waals surface area contributed by atoms with Crippen molar-refractivity contribution in [3.05, 3.63) is 6.07 Å². The first kappa shape index (κ1) is 21.6. The predicted molar refractivity (Wildman–Crippen MR) is 127 cm³/mol. The number of hydrogen-bond donors (Lipinski definition) is 2. The first-order chi connectivity index (χ1) is 14.7. The molecule has 3 aliphatic heterocycles. The lowest BCUT2D eigenvalue weighted by atomic mass is 9.99. The Balaban J connectivity index is 1.47. The summed E-state index contributed by atoms with van der Waals surface area (Å²) in [5.41, 5.74) is 0. The molecule has 1 aromatic heterocycles. The van der Waals surface area contributed by atoms with Crippen molar-refractivity contribution in [1.29, 1.82) is 0 Å². The maximum atomic E-state index is 5.68. The Morgan fingerprint density at radius 2 is 1.67 bits per heavy atom.